The predicted molar refractivity (Wildman–Crippen MR) is 130 cm³/mol. The van der Waals surface area contributed by atoms with Crippen LogP contribution in [-0.4, -0.2) is 17.6 Å². The standard InChI is InChI=1S/C22H17BrCl2N2O2S/c23-17-12-15(6-9-20(17)29-11-10-14-4-2-1-3-5-14)21(28)27-22(30)26-19-8-7-16(24)13-18(19)25/h1-9,12-13H,10-11H2,(H2,26,27,28,30). The van der Waals surface area contributed by atoms with Crippen LogP contribution >= 0.6 is 51.3 Å². The van der Waals surface area contributed by atoms with E-state index in [1.807, 2.05) is 18.2 Å². The van der Waals surface area contributed by atoms with Crippen LogP contribution in [0.25, 0.3) is 0 Å². The topological polar surface area (TPSA) is 50.4 Å². The van der Waals surface area contributed by atoms with E-state index in [4.69, 9.17) is 40.2 Å². The van der Waals surface area contributed by atoms with Crippen LogP contribution in [0, 0.1) is 0 Å². The number of benzene rings is 3. The summed E-state index contributed by atoms with van der Waals surface area (Å²) < 4.78 is 6.50. The highest BCUT2D eigenvalue weighted by atomic mass is 79.9. The number of carbonyl (C=O) groups excluding carboxylic acids is 1. The second-order valence-corrected chi connectivity index (χ2v) is 8.37. The van der Waals surface area contributed by atoms with Crippen molar-refractivity contribution in [1.29, 1.82) is 0 Å². The molecule has 0 aliphatic carbocycles. The minimum atomic E-state index is -0.353. The molecule has 3 aromatic rings. The molecule has 0 bridgehead atoms. The lowest BCUT2D eigenvalue weighted by molar-refractivity contribution is 0.0977. The van der Waals surface area contributed by atoms with Gasteiger partial charge in [0.2, 0.25) is 0 Å². The van der Waals surface area contributed by atoms with Crippen LogP contribution in [0.4, 0.5) is 5.69 Å². The molecule has 0 radical (unpaired) electrons. The van der Waals surface area contributed by atoms with Crippen LogP contribution in [0.5, 0.6) is 5.75 Å². The smallest absolute Gasteiger partial charge is 0.257 e. The molecule has 4 nitrogen and oxygen atoms in total. The van der Waals surface area contributed by atoms with Crippen LogP contribution in [0.3, 0.4) is 0 Å². The van der Waals surface area contributed by atoms with Crippen LogP contribution in [0.1, 0.15) is 15.9 Å². The molecule has 30 heavy (non-hydrogen) atoms. The number of rotatable bonds is 6. The minimum absolute atomic E-state index is 0.128. The zero-order valence-electron chi connectivity index (χ0n) is 15.6. The molecule has 3 rings (SSSR count). The largest absolute Gasteiger partial charge is 0.492 e. The van der Waals surface area contributed by atoms with Gasteiger partial charge in [-0.25, -0.2) is 0 Å². The van der Waals surface area contributed by atoms with Crippen LogP contribution in [-0.2, 0) is 6.42 Å². The maximum absolute atomic E-state index is 12.5. The average Bonchev–Trinajstić information content (AvgIpc) is 2.72. The summed E-state index contributed by atoms with van der Waals surface area (Å²) in [6.07, 6.45) is 0.794. The fraction of sp³-hybridized carbons (Fsp3) is 0.0909. The fourth-order valence-corrected chi connectivity index (χ4v) is 3.75. The summed E-state index contributed by atoms with van der Waals surface area (Å²) >= 11 is 20.6. The Morgan fingerprint density at radius 1 is 1.03 bits per heavy atom. The highest BCUT2D eigenvalue weighted by molar-refractivity contribution is 9.10. The second kappa shape index (κ2) is 10.8. The Hall–Kier alpha value is -2.12. The Kier molecular flexibility index (Phi) is 8.10. The number of halogens is 3. The first-order valence-corrected chi connectivity index (χ1v) is 10.9. The van der Waals surface area contributed by atoms with Crippen molar-refractivity contribution in [3.05, 3.63) is 92.4 Å². The van der Waals surface area contributed by atoms with E-state index in [-0.39, 0.29) is 11.0 Å². The van der Waals surface area contributed by atoms with Gasteiger partial charge in [-0.3, -0.25) is 10.1 Å². The average molecular weight is 524 g/mol. The number of carbonyl (C=O) groups is 1. The van der Waals surface area contributed by atoms with Crippen molar-refractivity contribution in [2.45, 2.75) is 6.42 Å². The van der Waals surface area contributed by atoms with Crippen molar-refractivity contribution >= 4 is 68.1 Å². The molecule has 0 fully saturated rings. The molecule has 0 spiro atoms. The number of amides is 1. The van der Waals surface area contributed by atoms with Gasteiger partial charge in [0.15, 0.2) is 5.11 Å². The zero-order chi connectivity index (χ0) is 21.5. The monoisotopic (exact) mass is 522 g/mol. The lowest BCUT2D eigenvalue weighted by atomic mass is 10.2. The van der Waals surface area contributed by atoms with E-state index in [9.17, 15) is 4.79 Å². The molecule has 0 aliphatic rings. The van der Waals surface area contributed by atoms with Gasteiger partial charge in [0.1, 0.15) is 5.75 Å². The van der Waals surface area contributed by atoms with E-state index < -0.39 is 0 Å². The van der Waals surface area contributed by atoms with E-state index in [0.717, 1.165) is 6.42 Å². The number of nitrogens with one attached hydrogen (secondary N) is 2. The van der Waals surface area contributed by atoms with Gasteiger partial charge in [-0.05, 0) is 70.1 Å². The highest BCUT2D eigenvalue weighted by Crippen LogP contribution is 2.27. The molecule has 1 amide bonds. The normalized spacial score (nSPS) is 10.4. The van der Waals surface area contributed by atoms with Crippen LogP contribution < -0.4 is 15.4 Å². The van der Waals surface area contributed by atoms with Crippen molar-refractivity contribution in [3.63, 3.8) is 0 Å². The molecule has 0 aromatic heterocycles. The molecular weight excluding hydrogens is 507 g/mol. The van der Waals surface area contributed by atoms with E-state index in [2.05, 4.69) is 38.7 Å². The lowest BCUT2D eigenvalue weighted by Gasteiger charge is -2.12. The first-order valence-electron chi connectivity index (χ1n) is 8.96. The van der Waals surface area contributed by atoms with Gasteiger partial charge in [0.05, 0.1) is 21.8 Å². The Morgan fingerprint density at radius 3 is 2.50 bits per heavy atom. The summed E-state index contributed by atoms with van der Waals surface area (Å²) in [5.74, 6) is 0.310. The van der Waals surface area contributed by atoms with Gasteiger partial charge >= 0.3 is 0 Å². The Bertz CT molecular complexity index is 1060. The third-order valence-corrected chi connectivity index (χ3v) is 5.46. The van der Waals surface area contributed by atoms with Gasteiger partial charge in [-0.2, -0.15) is 0 Å². The Morgan fingerprint density at radius 2 is 1.80 bits per heavy atom. The van der Waals surface area contributed by atoms with Crippen molar-refractivity contribution in [1.82, 2.24) is 5.32 Å². The molecule has 3 aromatic carbocycles. The molecule has 0 saturated heterocycles. The highest BCUT2D eigenvalue weighted by Gasteiger charge is 2.12. The van der Waals surface area contributed by atoms with Crippen molar-refractivity contribution in [2.24, 2.45) is 0 Å². The first kappa shape index (κ1) is 22.6. The second-order valence-electron chi connectivity index (χ2n) is 6.26. The third kappa shape index (κ3) is 6.44. The van der Waals surface area contributed by atoms with Gasteiger partial charge in [0.25, 0.3) is 5.91 Å². The number of ether oxygens (including phenoxy) is 1. The first-order chi connectivity index (χ1) is 14.4. The molecule has 2 N–H and O–H groups in total. The van der Waals surface area contributed by atoms with E-state index in [1.165, 1.54) is 5.56 Å². The molecule has 8 heteroatoms. The summed E-state index contributed by atoms with van der Waals surface area (Å²) in [4.78, 5) is 12.5. The number of hydrogen-bond donors (Lipinski definition) is 2. The summed E-state index contributed by atoms with van der Waals surface area (Å²) in [5, 5.41) is 6.55. The van der Waals surface area contributed by atoms with Crippen molar-refractivity contribution in [2.75, 3.05) is 11.9 Å². The Balaban J connectivity index is 1.55. The van der Waals surface area contributed by atoms with Crippen LogP contribution in [0.2, 0.25) is 10.0 Å². The maximum Gasteiger partial charge on any atom is 0.257 e. The van der Waals surface area contributed by atoms with Crippen LogP contribution in [0.15, 0.2) is 71.2 Å². The molecule has 0 atom stereocenters. The van der Waals surface area contributed by atoms with Gasteiger partial charge < -0.3 is 10.1 Å². The summed E-state index contributed by atoms with van der Waals surface area (Å²) in [6, 6.07) is 20.1. The number of anilines is 1. The third-order valence-electron chi connectivity index (χ3n) is 4.09. The maximum atomic E-state index is 12.5. The molecule has 0 saturated carbocycles. The summed E-state index contributed by atoms with van der Waals surface area (Å²) in [6.45, 7) is 0.532. The van der Waals surface area contributed by atoms with Gasteiger partial charge in [-0.1, -0.05) is 53.5 Å². The van der Waals surface area contributed by atoms with E-state index >= 15 is 0 Å². The van der Waals surface area contributed by atoms with E-state index in [0.29, 0.717) is 38.1 Å². The molecule has 0 heterocycles. The molecular formula is C22H17BrCl2N2O2S. The van der Waals surface area contributed by atoms with Gasteiger partial charge in [-0.15, -0.1) is 0 Å². The molecule has 0 aliphatic heterocycles. The molecule has 154 valence electrons. The van der Waals surface area contributed by atoms with Crippen molar-refractivity contribution in [3.8, 4) is 5.75 Å². The number of thiocarbonyl (C=S) groups is 1. The van der Waals surface area contributed by atoms with Gasteiger partial charge in [0, 0.05) is 17.0 Å². The fourth-order valence-electron chi connectivity index (χ4n) is 2.60. The van der Waals surface area contributed by atoms with Crippen molar-refractivity contribution < 1.29 is 9.53 Å². The lowest BCUT2D eigenvalue weighted by Crippen LogP contribution is -2.34. The molecule has 0 unspecified atom stereocenters. The Labute approximate surface area is 198 Å². The summed E-state index contributed by atoms with van der Waals surface area (Å²) in [7, 11) is 0. The summed E-state index contributed by atoms with van der Waals surface area (Å²) in [5.41, 5.74) is 2.18. The SMILES string of the molecule is O=C(NC(=S)Nc1ccc(Cl)cc1Cl)c1ccc(OCCc2ccccc2)c(Br)c1. The minimum Gasteiger partial charge on any atom is -0.492 e. The van der Waals surface area contributed by atoms with E-state index in [1.54, 1.807) is 36.4 Å². The quantitative estimate of drug-likeness (QED) is 0.362. The zero-order valence-corrected chi connectivity index (χ0v) is 19.5. The predicted octanol–water partition coefficient (Wildman–Crippen LogP) is 6.50. The number of hydrogen-bond acceptors (Lipinski definition) is 3.